The molecule has 1 saturated carbocycles. The molecular weight excluding hydrogens is 224 g/mol. The van der Waals surface area contributed by atoms with E-state index in [-0.39, 0.29) is 5.91 Å². The largest absolute Gasteiger partial charge is 0.382 e. The number of anilines is 1. The van der Waals surface area contributed by atoms with E-state index in [2.05, 4.69) is 22.8 Å². The predicted molar refractivity (Wildman–Crippen MR) is 72.6 cm³/mol. The lowest BCUT2D eigenvalue weighted by molar-refractivity contribution is 0.0963. The Balaban J connectivity index is 1.63. The number of nitrogens with one attached hydrogen (secondary N) is 2. The number of hydrogen-bond acceptors (Lipinski definition) is 2. The number of hydrogen-bond donors (Lipinski definition) is 2. The molecule has 1 fully saturated rings. The van der Waals surface area contributed by atoms with Crippen molar-refractivity contribution in [3.8, 4) is 0 Å². The summed E-state index contributed by atoms with van der Waals surface area (Å²) in [6.45, 7) is 0. The molecule has 3 rings (SSSR count). The second-order valence-corrected chi connectivity index (χ2v) is 5.14. The lowest BCUT2D eigenvalue weighted by Crippen LogP contribution is -2.43. The molecule has 3 atom stereocenters. The fraction of sp³-hybridized carbons (Fsp3) is 0.400. The molecule has 18 heavy (non-hydrogen) atoms. The first-order valence-electron chi connectivity index (χ1n) is 6.53. The van der Waals surface area contributed by atoms with Crippen LogP contribution in [-0.2, 0) is 0 Å². The Labute approximate surface area is 107 Å². The van der Waals surface area contributed by atoms with Gasteiger partial charge in [-0.05, 0) is 43.0 Å². The first-order chi connectivity index (χ1) is 8.78. The molecule has 0 radical (unpaired) electrons. The van der Waals surface area contributed by atoms with Gasteiger partial charge in [0.2, 0.25) is 0 Å². The monoisotopic (exact) mass is 242 g/mol. The van der Waals surface area contributed by atoms with E-state index < -0.39 is 0 Å². The molecule has 3 heteroatoms. The normalized spacial score (nSPS) is 28.4. The van der Waals surface area contributed by atoms with Crippen LogP contribution < -0.4 is 10.6 Å². The summed E-state index contributed by atoms with van der Waals surface area (Å²) in [7, 11) is 1.65. The molecule has 1 amide bonds. The zero-order valence-electron chi connectivity index (χ0n) is 10.5. The summed E-state index contributed by atoms with van der Waals surface area (Å²) in [5, 5.41) is 6.18. The van der Waals surface area contributed by atoms with Crippen LogP contribution in [0.5, 0.6) is 0 Å². The Morgan fingerprint density at radius 3 is 2.72 bits per heavy atom. The second kappa shape index (κ2) is 4.48. The first-order valence-corrected chi connectivity index (χ1v) is 6.53. The Bertz CT molecular complexity index is 478. The predicted octanol–water partition coefficient (Wildman–Crippen LogP) is 2.42. The van der Waals surface area contributed by atoms with Gasteiger partial charge in [-0.25, -0.2) is 0 Å². The van der Waals surface area contributed by atoms with Crippen molar-refractivity contribution in [2.24, 2.45) is 11.8 Å². The van der Waals surface area contributed by atoms with Gasteiger partial charge in [0.25, 0.3) is 5.91 Å². The maximum Gasteiger partial charge on any atom is 0.251 e. The smallest absolute Gasteiger partial charge is 0.251 e. The van der Waals surface area contributed by atoms with Crippen molar-refractivity contribution in [2.45, 2.75) is 18.9 Å². The lowest BCUT2D eigenvalue weighted by atomic mass is 9.71. The molecule has 3 unspecified atom stereocenters. The van der Waals surface area contributed by atoms with Gasteiger partial charge < -0.3 is 10.6 Å². The second-order valence-electron chi connectivity index (χ2n) is 5.14. The molecule has 0 heterocycles. The molecule has 3 nitrogen and oxygen atoms in total. The van der Waals surface area contributed by atoms with Gasteiger partial charge in [-0.15, -0.1) is 0 Å². The van der Waals surface area contributed by atoms with E-state index in [0.717, 1.165) is 11.6 Å². The van der Waals surface area contributed by atoms with Crippen molar-refractivity contribution in [3.05, 3.63) is 42.0 Å². The van der Waals surface area contributed by atoms with Crippen molar-refractivity contribution in [1.29, 1.82) is 0 Å². The number of allylic oxidation sites excluding steroid dienone is 1. The summed E-state index contributed by atoms with van der Waals surface area (Å²) in [5.74, 6) is 1.54. The molecule has 2 N–H and O–H groups in total. The van der Waals surface area contributed by atoms with E-state index in [4.69, 9.17) is 0 Å². The van der Waals surface area contributed by atoms with E-state index in [0.29, 0.717) is 17.5 Å². The van der Waals surface area contributed by atoms with E-state index in [1.54, 1.807) is 7.05 Å². The maximum absolute atomic E-state index is 11.4. The molecular formula is C15H18N2O. The third-order valence-corrected chi connectivity index (χ3v) is 4.09. The minimum absolute atomic E-state index is 0.0380. The third-order valence-electron chi connectivity index (χ3n) is 4.09. The highest BCUT2D eigenvalue weighted by molar-refractivity contribution is 5.94. The fourth-order valence-corrected chi connectivity index (χ4v) is 2.96. The maximum atomic E-state index is 11.4. The van der Waals surface area contributed by atoms with Crippen LogP contribution in [0.15, 0.2) is 36.4 Å². The minimum Gasteiger partial charge on any atom is -0.382 e. The number of benzene rings is 1. The molecule has 94 valence electrons. The highest BCUT2D eigenvalue weighted by Gasteiger charge is 2.40. The van der Waals surface area contributed by atoms with Crippen molar-refractivity contribution in [1.82, 2.24) is 5.32 Å². The summed E-state index contributed by atoms with van der Waals surface area (Å²) in [6.07, 6.45) is 7.14. The van der Waals surface area contributed by atoms with Crippen molar-refractivity contribution < 1.29 is 4.79 Å². The summed E-state index contributed by atoms with van der Waals surface area (Å²) in [5.41, 5.74) is 1.81. The van der Waals surface area contributed by atoms with Crippen LogP contribution in [0.4, 0.5) is 5.69 Å². The summed E-state index contributed by atoms with van der Waals surface area (Å²) in [6, 6.07) is 8.26. The van der Waals surface area contributed by atoms with Crippen molar-refractivity contribution in [3.63, 3.8) is 0 Å². The standard InChI is InChI=1S/C15H18N2O/c1-16-15(18)10-5-7-12(8-6-10)17-14-9-11-3-2-4-13(11)14/h2,4-8,11,13-14,17H,3,9H2,1H3,(H,16,18). The number of rotatable bonds is 3. The first kappa shape index (κ1) is 11.3. The highest BCUT2D eigenvalue weighted by Crippen LogP contribution is 2.43. The summed E-state index contributed by atoms with van der Waals surface area (Å²) < 4.78 is 0. The molecule has 2 aliphatic rings. The Morgan fingerprint density at radius 1 is 1.28 bits per heavy atom. The summed E-state index contributed by atoms with van der Waals surface area (Å²) in [4.78, 5) is 11.4. The molecule has 1 aromatic carbocycles. The van der Waals surface area contributed by atoms with E-state index >= 15 is 0 Å². The van der Waals surface area contributed by atoms with E-state index in [9.17, 15) is 4.79 Å². The average Bonchev–Trinajstić information content (AvgIpc) is 2.77. The Kier molecular flexibility index (Phi) is 2.82. The lowest BCUT2D eigenvalue weighted by Gasteiger charge is -2.41. The third kappa shape index (κ3) is 1.90. The van der Waals surface area contributed by atoms with Gasteiger partial charge >= 0.3 is 0 Å². The van der Waals surface area contributed by atoms with E-state index in [1.807, 2.05) is 24.3 Å². The summed E-state index contributed by atoms with van der Waals surface area (Å²) >= 11 is 0. The molecule has 0 bridgehead atoms. The van der Waals surface area contributed by atoms with Gasteiger partial charge in [-0.2, -0.15) is 0 Å². The zero-order chi connectivity index (χ0) is 12.5. The van der Waals surface area contributed by atoms with Crippen molar-refractivity contribution in [2.75, 3.05) is 12.4 Å². The van der Waals surface area contributed by atoms with Gasteiger partial charge in [-0.1, -0.05) is 12.2 Å². The van der Waals surface area contributed by atoms with E-state index in [1.165, 1.54) is 12.8 Å². The van der Waals surface area contributed by atoms with Gasteiger partial charge in [0.15, 0.2) is 0 Å². The Hall–Kier alpha value is -1.77. The molecule has 0 spiro atoms. The fourth-order valence-electron chi connectivity index (χ4n) is 2.96. The molecule has 0 aliphatic heterocycles. The number of carbonyl (C=O) groups excluding carboxylic acids is 1. The van der Waals surface area contributed by atoms with Crippen LogP contribution in [0, 0.1) is 11.8 Å². The Morgan fingerprint density at radius 2 is 2.06 bits per heavy atom. The minimum atomic E-state index is -0.0380. The van der Waals surface area contributed by atoms with Crippen LogP contribution in [0.1, 0.15) is 23.2 Å². The van der Waals surface area contributed by atoms with Gasteiger partial charge in [-0.3, -0.25) is 4.79 Å². The van der Waals surface area contributed by atoms with Crippen LogP contribution in [0.25, 0.3) is 0 Å². The molecule has 0 aromatic heterocycles. The van der Waals surface area contributed by atoms with Gasteiger partial charge in [0.05, 0.1) is 0 Å². The number of carbonyl (C=O) groups is 1. The molecule has 0 saturated heterocycles. The van der Waals surface area contributed by atoms with Crippen LogP contribution >= 0.6 is 0 Å². The van der Waals surface area contributed by atoms with Crippen molar-refractivity contribution >= 4 is 11.6 Å². The van der Waals surface area contributed by atoms with Crippen LogP contribution in [0.2, 0.25) is 0 Å². The highest BCUT2D eigenvalue weighted by atomic mass is 16.1. The number of amides is 1. The van der Waals surface area contributed by atoms with Crippen LogP contribution in [0.3, 0.4) is 0 Å². The zero-order valence-corrected chi connectivity index (χ0v) is 10.5. The van der Waals surface area contributed by atoms with Gasteiger partial charge in [0, 0.05) is 30.3 Å². The van der Waals surface area contributed by atoms with Crippen LogP contribution in [-0.4, -0.2) is 19.0 Å². The molecule has 1 aromatic rings. The SMILES string of the molecule is CNC(=O)c1ccc(NC2CC3CC=CC32)cc1. The quantitative estimate of drug-likeness (QED) is 0.799. The topological polar surface area (TPSA) is 41.1 Å². The average molecular weight is 242 g/mol. The van der Waals surface area contributed by atoms with Gasteiger partial charge in [0.1, 0.15) is 0 Å². The molecule has 2 aliphatic carbocycles. The number of fused-ring (bicyclic) bond motifs is 1.